The van der Waals surface area contributed by atoms with E-state index < -0.39 is 0 Å². The number of furan rings is 1. The number of benzene rings is 1. The molecule has 0 aliphatic carbocycles. The van der Waals surface area contributed by atoms with E-state index in [2.05, 4.69) is 30.4 Å². The normalized spacial score (nSPS) is 11.1. The molecule has 22 heavy (non-hydrogen) atoms. The topological polar surface area (TPSA) is 63.8 Å². The molecule has 0 bridgehead atoms. The van der Waals surface area contributed by atoms with Crippen molar-refractivity contribution in [2.75, 3.05) is 6.61 Å². The standard InChI is InChI=1S/C17H20N2O3/c1-12(2)15-9-13(3)6-7-16(15)22-11-17(20)19-18-10-14-5-4-8-21-14/h4-10,12H,11H2,1-3H3,(H,19,20). The molecule has 0 unspecified atom stereocenters. The molecule has 0 radical (unpaired) electrons. The van der Waals surface area contributed by atoms with Gasteiger partial charge in [-0.1, -0.05) is 31.5 Å². The summed E-state index contributed by atoms with van der Waals surface area (Å²) in [5, 5.41) is 3.80. The van der Waals surface area contributed by atoms with Crippen molar-refractivity contribution in [2.45, 2.75) is 26.7 Å². The zero-order valence-corrected chi connectivity index (χ0v) is 13.0. The van der Waals surface area contributed by atoms with Gasteiger partial charge in [-0.25, -0.2) is 5.43 Å². The number of aryl methyl sites for hydroxylation is 1. The van der Waals surface area contributed by atoms with Crippen LogP contribution in [-0.4, -0.2) is 18.7 Å². The van der Waals surface area contributed by atoms with Gasteiger partial charge in [-0.3, -0.25) is 4.79 Å². The van der Waals surface area contributed by atoms with Gasteiger partial charge < -0.3 is 9.15 Å². The molecule has 1 aromatic carbocycles. The summed E-state index contributed by atoms with van der Waals surface area (Å²) in [5.41, 5.74) is 4.66. The summed E-state index contributed by atoms with van der Waals surface area (Å²) in [6, 6.07) is 9.43. The first-order valence-electron chi connectivity index (χ1n) is 7.15. The Kier molecular flexibility index (Phi) is 5.36. The number of ether oxygens (including phenoxy) is 1. The zero-order valence-electron chi connectivity index (χ0n) is 13.0. The first-order chi connectivity index (χ1) is 10.6. The molecule has 0 atom stereocenters. The summed E-state index contributed by atoms with van der Waals surface area (Å²) in [7, 11) is 0. The minimum absolute atomic E-state index is 0.0850. The molecule has 2 rings (SSSR count). The highest BCUT2D eigenvalue weighted by atomic mass is 16.5. The minimum Gasteiger partial charge on any atom is -0.483 e. The van der Waals surface area contributed by atoms with Crippen molar-refractivity contribution in [2.24, 2.45) is 5.10 Å². The molecule has 1 N–H and O–H groups in total. The molecule has 5 nitrogen and oxygen atoms in total. The highest BCUT2D eigenvalue weighted by Crippen LogP contribution is 2.27. The predicted molar refractivity (Wildman–Crippen MR) is 85.2 cm³/mol. The minimum atomic E-state index is -0.321. The summed E-state index contributed by atoms with van der Waals surface area (Å²) < 4.78 is 10.7. The van der Waals surface area contributed by atoms with Crippen LogP contribution in [0, 0.1) is 6.92 Å². The van der Waals surface area contributed by atoms with Crippen LogP contribution in [0.1, 0.15) is 36.7 Å². The molecular weight excluding hydrogens is 280 g/mol. The number of hydrogen-bond acceptors (Lipinski definition) is 4. The van der Waals surface area contributed by atoms with E-state index in [1.807, 2.05) is 19.1 Å². The van der Waals surface area contributed by atoms with Crippen molar-refractivity contribution in [3.05, 3.63) is 53.5 Å². The molecule has 2 aromatic rings. The number of carbonyl (C=O) groups excluding carboxylic acids is 1. The van der Waals surface area contributed by atoms with E-state index in [9.17, 15) is 4.79 Å². The summed E-state index contributed by atoms with van der Waals surface area (Å²) in [6.45, 7) is 6.13. The third-order valence-electron chi connectivity index (χ3n) is 3.07. The van der Waals surface area contributed by atoms with Crippen LogP contribution in [0.25, 0.3) is 0 Å². The van der Waals surface area contributed by atoms with Crippen molar-refractivity contribution in [3.8, 4) is 5.75 Å². The number of hydrogen-bond donors (Lipinski definition) is 1. The second kappa shape index (κ2) is 7.45. The molecule has 0 spiro atoms. The lowest BCUT2D eigenvalue weighted by atomic mass is 10.00. The van der Waals surface area contributed by atoms with E-state index >= 15 is 0 Å². The van der Waals surface area contributed by atoms with Gasteiger partial charge in [0, 0.05) is 0 Å². The Hall–Kier alpha value is -2.56. The molecule has 5 heteroatoms. The number of rotatable bonds is 6. The fourth-order valence-corrected chi connectivity index (χ4v) is 1.96. The lowest BCUT2D eigenvalue weighted by Gasteiger charge is -2.14. The lowest BCUT2D eigenvalue weighted by Crippen LogP contribution is -2.24. The van der Waals surface area contributed by atoms with E-state index in [1.165, 1.54) is 18.0 Å². The van der Waals surface area contributed by atoms with Gasteiger partial charge in [0.1, 0.15) is 11.5 Å². The maximum absolute atomic E-state index is 11.7. The molecule has 0 fully saturated rings. The smallest absolute Gasteiger partial charge is 0.277 e. The van der Waals surface area contributed by atoms with Crippen LogP contribution < -0.4 is 10.2 Å². The zero-order chi connectivity index (χ0) is 15.9. The Morgan fingerprint density at radius 3 is 2.91 bits per heavy atom. The van der Waals surface area contributed by atoms with E-state index in [-0.39, 0.29) is 12.5 Å². The second-order valence-corrected chi connectivity index (χ2v) is 5.29. The fourth-order valence-electron chi connectivity index (χ4n) is 1.96. The fraction of sp³-hybridized carbons (Fsp3) is 0.294. The first-order valence-corrected chi connectivity index (χ1v) is 7.15. The summed E-state index contributed by atoms with van der Waals surface area (Å²) >= 11 is 0. The SMILES string of the molecule is Cc1ccc(OCC(=O)NN=Cc2ccco2)c(C(C)C)c1. The van der Waals surface area contributed by atoms with E-state index in [0.717, 1.165) is 11.3 Å². The Labute approximate surface area is 130 Å². The van der Waals surface area contributed by atoms with E-state index in [0.29, 0.717) is 11.7 Å². The molecule has 0 saturated heterocycles. The molecule has 0 saturated carbocycles. The summed E-state index contributed by atoms with van der Waals surface area (Å²) in [6.07, 6.45) is 2.97. The largest absolute Gasteiger partial charge is 0.483 e. The summed E-state index contributed by atoms with van der Waals surface area (Å²) in [5.74, 6) is 1.31. The maximum Gasteiger partial charge on any atom is 0.277 e. The predicted octanol–water partition coefficient (Wildman–Crippen LogP) is 3.24. The number of nitrogens with one attached hydrogen (secondary N) is 1. The molecule has 0 aliphatic heterocycles. The van der Waals surface area contributed by atoms with E-state index in [4.69, 9.17) is 9.15 Å². The maximum atomic E-state index is 11.7. The Balaban J connectivity index is 1.88. The van der Waals surface area contributed by atoms with Gasteiger partial charge in [0.25, 0.3) is 5.91 Å². The Morgan fingerprint density at radius 2 is 2.23 bits per heavy atom. The van der Waals surface area contributed by atoms with Crippen LogP contribution in [0.4, 0.5) is 0 Å². The first kappa shape index (κ1) is 15.8. The van der Waals surface area contributed by atoms with Gasteiger partial charge in [0.05, 0.1) is 12.5 Å². The van der Waals surface area contributed by atoms with Crippen molar-refractivity contribution in [1.82, 2.24) is 5.43 Å². The number of hydrazone groups is 1. The van der Waals surface area contributed by atoms with Gasteiger partial charge in [-0.05, 0) is 36.6 Å². The molecule has 1 amide bonds. The number of carbonyl (C=O) groups is 1. The highest BCUT2D eigenvalue weighted by Gasteiger charge is 2.09. The molecule has 1 aromatic heterocycles. The van der Waals surface area contributed by atoms with Crippen molar-refractivity contribution < 1.29 is 13.9 Å². The van der Waals surface area contributed by atoms with Crippen LogP contribution in [-0.2, 0) is 4.79 Å². The van der Waals surface area contributed by atoms with Crippen molar-refractivity contribution in [3.63, 3.8) is 0 Å². The highest BCUT2D eigenvalue weighted by molar-refractivity contribution is 5.81. The average Bonchev–Trinajstić information content (AvgIpc) is 2.99. The van der Waals surface area contributed by atoms with Crippen molar-refractivity contribution in [1.29, 1.82) is 0 Å². The van der Waals surface area contributed by atoms with Crippen LogP contribution in [0.5, 0.6) is 5.75 Å². The molecule has 1 heterocycles. The molecule has 0 aliphatic rings. The second-order valence-electron chi connectivity index (χ2n) is 5.29. The third-order valence-corrected chi connectivity index (χ3v) is 3.07. The van der Waals surface area contributed by atoms with Gasteiger partial charge in [-0.2, -0.15) is 5.10 Å². The van der Waals surface area contributed by atoms with Gasteiger partial charge >= 0.3 is 0 Å². The number of amides is 1. The Morgan fingerprint density at radius 1 is 1.41 bits per heavy atom. The monoisotopic (exact) mass is 300 g/mol. The van der Waals surface area contributed by atoms with E-state index in [1.54, 1.807) is 12.1 Å². The van der Waals surface area contributed by atoms with Gasteiger partial charge in [0.2, 0.25) is 0 Å². The quantitative estimate of drug-likeness (QED) is 0.658. The van der Waals surface area contributed by atoms with Crippen LogP contribution in [0.2, 0.25) is 0 Å². The van der Waals surface area contributed by atoms with Crippen LogP contribution in [0.3, 0.4) is 0 Å². The van der Waals surface area contributed by atoms with Crippen molar-refractivity contribution >= 4 is 12.1 Å². The average molecular weight is 300 g/mol. The number of nitrogens with zero attached hydrogens (tertiary/aromatic N) is 1. The van der Waals surface area contributed by atoms with Crippen LogP contribution in [0.15, 0.2) is 46.1 Å². The molecule has 116 valence electrons. The summed E-state index contributed by atoms with van der Waals surface area (Å²) in [4.78, 5) is 11.7. The van der Waals surface area contributed by atoms with Crippen LogP contribution >= 0.6 is 0 Å². The lowest BCUT2D eigenvalue weighted by molar-refractivity contribution is -0.123. The third kappa shape index (κ3) is 4.48. The van der Waals surface area contributed by atoms with Gasteiger partial charge in [-0.15, -0.1) is 0 Å². The van der Waals surface area contributed by atoms with Gasteiger partial charge in [0.15, 0.2) is 6.61 Å². The molecular formula is C17H20N2O3. The Bertz CT molecular complexity index is 646.